The molecule has 0 aliphatic heterocycles. The highest BCUT2D eigenvalue weighted by molar-refractivity contribution is 5.94. The van der Waals surface area contributed by atoms with Gasteiger partial charge in [-0.3, -0.25) is 9.78 Å². The molecule has 1 aromatic carbocycles. The number of carbonyl (C=O) groups is 1. The normalized spacial score (nSPS) is 12.0. The van der Waals surface area contributed by atoms with Gasteiger partial charge in [-0.1, -0.05) is 19.9 Å². The van der Waals surface area contributed by atoms with Crippen LogP contribution in [0.4, 0.5) is 0 Å². The van der Waals surface area contributed by atoms with Crippen LogP contribution in [0.25, 0.3) is 0 Å². The van der Waals surface area contributed by atoms with Crippen molar-refractivity contribution in [2.75, 3.05) is 0 Å². The van der Waals surface area contributed by atoms with E-state index in [2.05, 4.69) is 24.1 Å². The Balaban J connectivity index is 1.83. The molecule has 4 heteroatoms. The van der Waals surface area contributed by atoms with Gasteiger partial charge in [0.1, 0.15) is 12.4 Å². The number of hydrogen-bond donors (Lipinski definition) is 1. The van der Waals surface area contributed by atoms with Crippen molar-refractivity contribution in [3.8, 4) is 5.75 Å². The number of benzene rings is 1. The van der Waals surface area contributed by atoms with Crippen LogP contribution in [0.15, 0.2) is 48.8 Å². The summed E-state index contributed by atoms with van der Waals surface area (Å²) in [5.41, 5.74) is 1.67. The molecule has 1 amide bonds. The topological polar surface area (TPSA) is 51.2 Å². The Morgan fingerprint density at radius 3 is 2.50 bits per heavy atom. The molecule has 0 fully saturated rings. The predicted octanol–water partition coefficient (Wildman–Crippen LogP) is 4.22. The zero-order valence-corrected chi connectivity index (χ0v) is 14.7. The first-order chi connectivity index (χ1) is 11.5. The maximum atomic E-state index is 12.2. The molecule has 1 N–H and O–H groups in total. The van der Waals surface area contributed by atoms with Crippen LogP contribution >= 0.6 is 0 Å². The van der Waals surface area contributed by atoms with Crippen molar-refractivity contribution in [3.05, 3.63) is 59.9 Å². The highest BCUT2D eigenvalue weighted by Crippen LogP contribution is 2.14. The summed E-state index contributed by atoms with van der Waals surface area (Å²) in [6, 6.07) is 11.3. The summed E-state index contributed by atoms with van der Waals surface area (Å²) >= 11 is 0. The fraction of sp³-hybridized carbons (Fsp3) is 0.400. The summed E-state index contributed by atoms with van der Waals surface area (Å²) in [5.74, 6) is 1.36. The van der Waals surface area contributed by atoms with Gasteiger partial charge in [-0.15, -0.1) is 0 Å². The van der Waals surface area contributed by atoms with Crippen LogP contribution in [0.3, 0.4) is 0 Å². The molecule has 0 spiro atoms. The summed E-state index contributed by atoms with van der Waals surface area (Å²) in [6.45, 7) is 6.90. The number of ether oxygens (including phenoxy) is 1. The molecule has 0 saturated carbocycles. The van der Waals surface area contributed by atoms with Gasteiger partial charge < -0.3 is 10.1 Å². The molecular weight excluding hydrogens is 300 g/mol. The van der Waals surface area contributed by atoms with Gasteiger partial charge >= 0.3 is 0 Å². The molecule has 0 saturated heterocycles. The van der Waals surface area contributed by atoms with Gasteiger partial charge in [0.25, 0.3) is 5.91 Å². The molecule has 1 aromatic heterocycles. The average Bonchev–Trinajstić information content (AvgIpc) is 2.59. The minimum absolute atomic E-state index is 0.0370. The van der Waals surface area contributed by atoms with Crippen LogP contribution in [-0.2, 0) is 6.61 Å². The van der Waals surface area contributed by atoms with Crippen LogP contribution in [0.1, 0.15) is 49.5 Å². The lowest BCUT2D eigenvalue weighted by molar-refractivity contribution is 0.0937. The van der Waals surface area contributed by atoms with Crippen LogP contribution < -0.4 is 10.1 Å². The quantitative estimate of drug-likeness (QED) is 0.790. The number of amides is 1. The van der Waals surface area contributed by atoms with Crippen LogP contribution in [0, 0.1) is 5.92 Å². The van der Waals surface area contributed by atoms with Gasteiger partial charge in [-0.2, -0.15) is 0 Å². The number of carbonyl (C=O) groups excluding carboxylic acids is 1. The Morgan fingerprint density at radius 1 is 1.12 bits per heavy atom. The minimum atomic E-state index is -0.0370. The summed E-state index contributed by atoms with van der Waals surface area (Å²) in [4.78, 5) is 16.3. The second-order valence-electron chi connectivity index (χ2n) is 6.52. The largest absolute Gasteiger partial charge is 0.489 e. The third-order valence-electron chi connectivity index (χ3n) is 3.80. The van der Waals surface area contributed by atoms with Crippen molar-refractivity contribution >= 4 is 5.91 Å². The maximum Gasteiger partial charge on any atom is 0.251 e. The first-order valence-electron chi connectivity index (χ1n) is 8.47. The number of nitrogens with one attached hydrogen (secondary N) is 1. The molecule has 2 rings (SSSR count). The lowest BCUT2D eigenvalue weighted by Gasteiger charge is -2.15. The van der Waals surface area contributed by atoms with E-state index in [0.29, 0.717) is 18.1 Å². The van der Waals surface area contributed by atoms with Crippen molar-refractivity contribution < 1.29 is 9.53 Å². The fourth-order valence-corrected chi connectivity index (χ4v) is 2.32. The number of pyridine rings is 1. The lowest BCUT2D eigenvalue weighted by Crippen LogP contribution is -2.32. The predicted molar refractivity (Wildman–Crippen MR) is 96.0 cm³/mol. The molecule has 2 aromatic rings. The van der Waals surface area contributed by atoms with Crippen molar-refractivity contribution in [2.24, 2.45) is 5.92 Å². The molecule has 1 atom stereocenters. The minimum Gasteiger partial charge on any atom is -0.489 e. The van der Waals surface area contributed by atoms with Crippen molar-refractivity contribution in [2.45, 2.75) is 46.3 Å². The highest BCUT2D eigenvalue weighted by Gasteiger charge is 2.10. The SMILES string of the molecule is CC(C)CCC(C)NC(=O)c1ccc(OCc2cccnc2)cc1. The zero-order chi connectivity index (χ0) is 17.4. The van der Waals surface area contributed by atoms with E-state index in [9.17, 15) is 4.79 Å². The Labute approximate surface area is 144 Å². The van der Waals surface area contributed by atoms with E-state index in [-0.39, 0.29) is 11.9 Å². The third-order valence-corrected chi connectivity index (χ3v) is 3.80. The van der Waals surface area contributed by atoms with E-state index >= 15 is 0 Å². The molecule has 0 aliphatic carbocycles. The van der Waals surface area contributed by atoms with Crippen LogP contribution in [-0.4, -0.2) is 16.9 Å². The molecule has 0 radical (unpaired) electrons. The van der Waals surface area contributed by atoms with E-state index in [4.69, 9.17) is 4.74 Å². The van der Waals surface area contributed by atoms with Gasteiger partial charge in [-0.25, -0.2) is 0 Å². The number of nitrogens with zero attached hydrogens (tertiary/aromatic N) is 1. The zero-order valence-electron chi connectivity index (χ0n) is 14.7. The van der Waals surface area contributed by atoms with Crippen molar-refractivity contribution in [1.82, 2.24) is 10.3 Å². The summed E-state index contributed by atoms with van der Waals surface area (Å²) in [6.07, 6.45) is 5.62. The lowest BCUT2D eigenvalue weighted by atomic mass is 10.0. The van der Waals surface area contributed by atoms with Gasteiger partial charge in [0, 0.05) is 29.6 Å². The molecular formula is C20H26N2O2. The Hall–Kier alpha value is -2.36. The van der Waals surface area contributed by atoms with Crippen LogP contribution in [0.5, 0.6) is 5.75 Å². The molecule has 0 bridgehead atoms. The standard InChI is InChI=1S/C20H26N2O2/c1-15(2)6-7-16(3)22-20(23)18-8-10-19(11-9-18)24-14-17-5-4-12-21-13-17/h4-5,8-13,15-16H,6-7,14H2,1-3H3,(H,22,23). The van der Waals surface area contributed by atoms with E-state index in [1.807, 2.05) is 31.2 Å². The Morgan fingerprint density at radius 2 is 1.88 bits per heavy atom. The van der Waals surface area contributed by atoms with Crippen LogP contribution in [0.2, 0.25) is 0 Å². The van der Waals surface area contributed by atoms with E-state index in [1.165, 1.54) is 0 Å². The third kappa shape index (κ3) is 6.03. The average molecular weight is 326 g/mol. The second-order valence-corrected chi connectivity index (χ2v) is 6.52. The van der Waals surface area contributed by atoms with E-state index < -0.39 is 0 Å². The molecule has 24 heavy (non-hydrogen) atoms. The first-order valence-corrected chi connectivity index (χ1v) is 8.47. The monoisotopic (exact) mass is 326 g/mol. The Kier molecular flexibility index (Phi) is 6.79. The van der Waals surface area contributed by atoms with Crippen molar-refractivity contribution in [3.63, 3.8) is 0 Å². The first kappa shape index (κ1) is 18.0. The van der Waals surface area contributed by atoms with E-state index in [0.717, 1.165) is 24.2 Å². The molecule has 0 aliphatic rings. The molecule has 1 heterocycles. The van der Waals surface area contributed by atoms with E-state index in [1.54, 1.807) is 24.5 Å². The van der Waals surface area contributed by atoms with Gasteiger partial charge in [0.15, 0.2) is 0 Å². The maximum absolute atomic E-state index is 12.2. The second kappa shape index (κ2) is 9.06. The molecule has 1 unspecified atom stereocenters. The van der Waals surface area contributed by atoms with Gasteiger partial charge in [0.05, 0.1) is 0 Å². The molecule has 4 nitrogen and oxygen atoms in total. The highest BCUT2D eigenvalue weighted by atomic mass is 16.5. The number of rotatable bonds is 8. The summed E-state index contributed by atoms with van der Waals surface area (Å²) in [7, 11) is 0. The summed E-state index contributed by atoms with van der Waals surface area (Å²) < 4.78 is 5.70. The Bertz CT molecular complexity index is 624. The van der Waals surface area contributed by atoms with Gasteiger partial charge in [0.2, 0.25) is 0 Å². The number of hydrogen-bond acceptors (Lipinski definition) is 3. The molecule has 128 valence electrons. The van der Waals surface area contributed by atoms with Gasteiger partial charge in [-0.05, 0) is 56.0 Å². The van der Waals surface area contributed by atoms with Crippen molar-refractivity contribution in [1.29, 1.82) is 0 Å². The summed E-state index contributed by atoms with van der Waals surface area (Å²) in [5, 5.41) is 3.04. The fourth-order valence-electron chi connectivity index (χ4n) is 2.32. The number of aromatic nitrogens is 1. The smallest absolute Gasteiger partial charge is 0.251 e.